The first-order valence-corrected chi connectivity index (χ1v) is 7.78. The third kappa shape index (κ3) is 1.98. The lowest BCUT2D eigenvalue weighted by atomic mass is 10.1. The first kappa shape index (κ1) is 11.9. The maximum atomic E-state index is 12.3. The molecule has 0 radical (unpaired) electrons. The van der Waals surface area contributed by atoms with E-state index in [4.69, 9.17) is 0 Å². The van der Waals surface area contributed by atoms with Crippen LogP contribution >= 0.6 is 11.3 Å². The van der Waals surface area contributed by atoms with Gasteiger partial charge in [-0.3, -0.25) is 10.1 Å². The van der Waals surface area contributed by atoms with Crippen LogP contribution in [0.5, 0.6) is 0 Å². The largest absolute Gasteiger partial charge is 0.384 e. The zero-order valence-electron chi connectivity index (χ0n) is 11.0. The minimum absolute atomic E-state index is 0.0751. The Morgan fingerprint density at radius 3 is 3.15 bits per heavy atom. The van der Waals surface area contributed by atoms with Gasteiger partial charge in [0.25, 0.3) is 5.91 Å². The van der Waals surface area contributed by atoms with Crippen LogP contribution < -0.4 is 10.6 Å². The Kier molecular flexibility index (Phi) is 2.73. The van der Waals surface area contributed by atoms with Gasteiger partial charge in [-0.2, -0.15) is 0 Å². The molecule has 20 heavy (non-hydrogen) atoms. The van der Waals surface area contributed by atoms with Gasteiger partial charge in [-0.25, -0.2) is 4.98 Å². The Labute approximate surface area is 121 Å². The van der Waals surface area contributed by atoms with Gasteiger partial charge in [0, 0.05) is 22.7 Å². The smallest absolute Gasteiger partial charge is 0.257 e. The summed E-state index contributed by atoms with van der Waals surface area (Å²) in [6.45, 7) is 0.958. The molecule has 0 bridgehead atoms. The van der Waals surface area contributed by atoms with E-state index in [9.17, 15) is 4.79 Å². The second-order valence-corrected chi connectivity index (χ2v) is 6.33. The molecular formula is C15H15N3OS. The number of fused-ring (bicyclic) bond motifs is 2. The third-order valence-electron chi connectivity index (χ3n) is 3.90. The molecule has 1 aliphatic heterocycles. The number of hydrogen-bond acceptors (Lipinski definition) is 4. The van der Waals surface area contributed by atoms with Crippen molar-refractivity contribution < 1.29 is 4.79 Å². The average molecular weight is 285 g/mol. The summed E-state index contributed by atoms with van der Waals surface area (Å²) >= 11 is 1.61. The fourth-order valence-electron chi connectivity index (χ4n) is 2.85. The van der Waals surface area contributed by atoms with Gasteiger partial charge in [0.15, 0.2) is 5.13 Å². The summed E-state index contributed by atoms with van der Waals surface area (Å²) < 4.78 is 0. The molecule has 0 fully saturated rings. The zero-order valence-corrected chi connectivity index (χ0v) is 11.8. The van der Waals surface area contributed by atoms with Gasteiger partial charge in [0.1, 0.15) is 0 Å². The Morgan fingerprint density at radius 2 is 2.25 bits per heavy atom. The number of anilines is 2. The SMILES string of the molecule is O=C(Nc1nc2c(s1)CCC2)c1ccc2c(c1)NCC2. The van der Waals surface area contributed by atoms with Gasteiger partial charge in [-0.1, -0.05) is 6.07 Å². The summed E-state index contributed by atoms with van der Waals surface area (Å²) in [5.41, 5.74) is 4.23. The standard InChI is InChI=1S/C15H15N3OS/c19-14(10-5-4-9-6-7-16-12(9)8-10)18-15-17-11-2-1-3-13(11)20-15/h4-5,8,16H,1-3,6-7H2,(H,17,18,19). The lowest BCUT2D eigenvalue weighted by molar-refractivity contribution is 0.102. The van der Waals surface area contributed by atoms with Gasteiger partial charge >= 0.3 is 0 Å². The van der Waals surface area contributed by atoms with Crippen LogP contribution in [0.15, 0.2) is 18.2 Å². The highest BCUT2D eigenvalue weighted by atomic mass is 32.1. The van der Waals surface area contributed by atoms with Crippen molar-refractivity contribution >= 4 is 28.1 Å². The molecule has 0 spiro atoms. The Hall–Kier alpha value is -1.88. The highest BCUT2D eigenvalue weighted by molar-refractivity contribution is 7.15. The summed E-state index contributed by atoms with van der Waals surface area (Å²) in [6.07, 6.45) is 4.38. The maximum Gasteiger partial charge on any atom is 0.257 e. The number of aryl methyl sites for hydroxylation is 2. The summed E-state index contributed by atoms with van der Waals surface area (Å²) in [5, 5.41) is 6.95. The van der Waals surface area contributed by atoms with Crippen molar-refractivity contribution in [3.8, 4) is 0 Å². The number of carbonyl (C=O) groups excluding carboxylic acids is 1. The normalized spacial score (nSPS) is 15.6. The van der Waals surface area contributed by atoms with E-state index in [2.05, 4.69) is 15.6 Å². The van der Waals surface area contributed by atoms with E-state index >= 15 is 0 Å². The van der Waals surface area contributed by atoms with Crippen LogP contribution in [0.2, 0.25) is 0 Å². The number of hydrogen-bond donors (Lipinski definition) is 2. The highest BCUT2D eigenvalue weighted by Crippen LogP contribution is 2.31. The van der Waals surface area contributed by atoms with Crippen molar-refractivity contribution in [3.05, 3.63) is 39.9 Å². The van der Waals surface area contributed by atoms with Crippen LogP contribution in [0.4, 0.5) is 10.8 Å². The van der Waals surface area contributed by atoms with Crippen LogP contribution in [0.3, 0.4) is 0 Å². The Balaban J connectivity index is 1.55. The number of nitrogens with zero attached hydrogens (tertiary/aromatic N) is 1. The molecule has 1 amide bonds. The van der Waals surface area contributed by atoms with Crippen molar-refractivity contribution in [1.82, 2.24) is 4.98 Å². The number of amides is 1. The minimum atomic E-state index is -0.0751. The number of nitrogens with one attached hydrogen (secondary N) is 2. The lowest BCUT2D eigenvalue weighted by Gasteiger charge is -2.05. The molecule has 2 aromatic rings. The molecule has 5 heteroatoms. The first-order chi connectivity index (χ1) is 9.79. The Morgan fingerprint density at radius 1 is 1.30 bits per heavy atom. The molecule has 1 aromatic heterocycles. The molecule has 2 N–H and O–H groups in total. The topological polar surface area (TPSA) is 54.0 Å². The second kappa shape index (κ2) is 4.59. The van der Waals surface area contributed by atoms with E-state index in [1.165, 1.54) is 22.6 Å². The zero-order chi connectivity index (χ0) is 13.5. The van der Waals surface area contributed by atoms with Gasteiger partial charge < -0.3 is 5.32 Å². The molecular weight excluding hydrogens is 270 g/mol. The molecule has 102 valence electrons. The van der Waals surface area contributed by atoms with Crippen LogP contribution in [-0.2, 0) is 19.3 Å². The summed E-state index contributed by atoms with van der Waals surface area (Å²) in [6, 6.07) is 5.85. The van der Waals surface area contributed by atoms with Crippen LogP contribution in [-0.4, -0.2) is 17.4 Å². The second-order valence-electron chi connectivity index (χ2n) is 5.25. The van der Waals surface area contributed by atoms with E-state index < -0.39 is 0 Å². The number of carbonyl (C=O) groups is 1. The number of rotatable bonds is 2. The molecule has 4 nitrogen and oxygen atoms in total. The predicted molar refractivity (Wildman–Crippen MR) is 80.7 cm³/mol. The van der Waals surface area contributed by atoms with Gasteiger partial charge in [0.05, 0.1) is 5.69 Å². The number of thiazole rings is 1. The van der Waals surface area contributed by atoms with E-state index in [0.29, 0.717) is 5.56 Å². The van der Waals surface area contributed by atoms with E-state index in [1.54, 1.807) is 11.3 Å². The van der Waals surface area contributed by atoms with Crippen molar-refractivity contribution in [1.29, 1.82) is 0 Å². The third-order valence-corrected chi connectivity index (χ3v) is 4.97. The fraction of sp³-hybridized carbons (Fsp3) is 0.333. The van der Waals surface area contributed by atoms with Gasteiger partial charge in [0.2, 0.25) is 0 Å². The predicted octanol–water partition coefficient (Wildman–Crippen LogP) is 2.85. The monoisotopic (exact) mass is 285 g/mol. The van der Waals surface area contributed by atoms with Crippen molar-refractivity contribution in [2.45, 2.75) is 25.7 Å². The van der Waals surface area contributed by atoms with Crippen LogP contribution in [0.25, 0.3) is 0 Å². The molecule has 1 aromatic carbocycles. The van der Waals surface area contributed by atoms with Crippen molar-refractivity contribution in [2.75, 3.05) is 17.2 Å². The number of benzene rings is 1. The minimum Gasteiger partial charge on any atom is -0.384 e. The molecule has 0 unspecified atom stereocenters. The highest BCUT2D eigenvalue weighted by Gasteiger charge is 2.19. The fourth-order valence-corrected chi connectivity index (χ4v) is 3.89. The van der Waals surface area contributed by atoms with Gasteiger partial charge in [-0.15, -0.1) is 11.3 Å². The summed E-state index contributed by atoms with van der Waals surface area (Å²) in [4.78, 5) is 18.1. The van der Waals surface area contributed by atoms with Gasteiger partial charge in [-0.05, 0) is 43.4 Å². The molecule has 0 saturated heterocycles. The summed E-state index contributed by atoms with van der Waals surface area (Å²) in [5.74, 6) is -0.0751. The molecule has 1 aliphatic carbocycles. The maximum absolute atomic E-state index is 12.3. The van der Waals surface area contributed by atoms with E-state index in [0.717, 1.165) is 36.6 Å². The van der Waals surface area contributed by atoms with Crippen molar-refractivity contribution in [2.24, 2.45) is 0 Å². The first-order valence-electron chi connectivity index (χ1n) is 6.96. The van der Waals surface area contributed by atoms with Crippen LogP contribution in [0, 0.1) is 0 Å². The number of aromatic nitrogens is 1. The molecule has 2 heterocycles. The summed E-state index contributed by atoms with van der Waals surface area (Å²) in [7, 11) is 0. The lowest BCUT2D eigenvalue weighted by Crippen LogP contribution is -2.12. The van der Waals surface area contributed by atoms with E-state index in [-0.39, 0.29) is 5.91 Å². The molecule has 2 aliphatic rings. The van der Waals surface area contributed by atoms with E-state index in [1.807, 2.05) is 18.2 Å². The Bertz CT molecular complexity index is 671. The van der Waals surface area contributed by atoms with Crippen molar-refractivity contribution in [3.63, 3.8) is 0 Å². The quantitative estimate of drug-likeness (QED) is 0.892. The average Bonchev–Trinajstić information content (AvgIpc) is 3.11. The molecule has 0 atom stereocenters. The van der Waals surface area contributed by atoms with Crippen LogP contribution in [0.1, 0.15) is 32.9 Å². The molecule has 0 saturated carbocycles. The molecule has 4 rings (SSSR count).